The summed E-state index contributed by atoms with van der Waals surface area (Å²) in [6, 6.07) is 6.33. The van der Waals surface area contributed by atoms with Gasteiger partial charge in [-0.2, -0.15) is 0 Å². The number of hydrogen-bond donors (Lipinski definition) is 0. The summed E-state index contributed by atoms with van der Waals surface area (Å²) in [7, 11) is 5.94. The third-order valence-electron chi connectivity index (χ3n) is 2.29. The van der Waals surface area contributed by atoms with Crippen LogP contribution in [0.3, 0.4) is 0 Å². The highest BCUT2D eigenvalue weighted by molar-refractivity contribution is 14.1. The molecule has 0 aromatic heterocycles. The molecule has 0 aliphatic rings. The molecule has 0 atom stereocenters. The molecular weight excluding hydrogens is 336 g/mol. The van der Waals surface area contributed by atoms with Crippen LogP contribution >= 0.6 is 35.0 Å². The van der Waals surface area contributed by atoms with Gasteiger partial charge in [0.15, 0.2) is 0 Å². The van der Waals surface area contributed by atoms with E-state index in [2.05, 4.69) is 53.7 Å². The molecule has 0 aliphatic heterocycles. The third kappa shape index (κ3) is 5.37. The smallest absolute Gasteiger partial charge is 0.122 e. The van der Waals surface area contributed by atoms with Crippen molar-refractivity contribution < 1.29 is 4.74 Å². The van der Waals surface area contributed by atoms with Crippen LogP contribution in [0, 0.1) is 3.57 Å². The van der Waals surface area contributed by atoms with Crippen molar-refractivity contribution >= 4 is 35.0 Å². The van der Waals surface area contributed by atoms with Crippen LogP contribution in [0.1, 0.15) is 12.0 Å². The highest BCUT2D eigenvalue weighted by Gasteiger charge is 2.03. The number of methoxy groups -OCH3 is 1. The van der Waals surface area contributed by atoms with Gasteiger partial charge in [-0.3, -0.25) is 0 Å². The quantitative estimate of drug-likeness (QED) is 0.752. The first kappa shape index (κ1) is 16.0. The lowest BCUT2D eigenvalue weighted by Gasteiger charge is -2.11. The van der Waals surface area contributed by atoms with E-state index in [4.69, 9.17) is 4.74 Å². The van der Waals surface area contributed by atoms with Crippen LogP contribution in [0.4, 0.5) is 0 Å². The molecule has 1 aromatic carbocycles. The molecule has 16 heavy (non-hydrogen) atoms. The lowest BCUT2D eigenvalue weighted by molar-refractivity contribution is 0.391. The van der Waals surface area contributed by atoms with E-state index in [1.165, 1.54) is 15.6 Å². The van der Waals surface area contributed by atoms with Gasteiger partial charge in [0, 0.05) is 3.57 Å². The summed E-state index contributed by atoms with van der Waals surface area (Å²) in [6.07, 6.45) is 2.25. The van der Waals surface area contributed by atoms with Gasteiger partial charge in [-0.15, -0.1) is 12.4 Å². The third-order valence-corrected chi connectivity index (χ3v) is 2.96. The van der Waals surface area contributed by atoms with Gasteiger partial charge in [-0.25, -0.2) is 0 Å². The Balaban J connectivity index is 0.00000225. The zero-order chi connectivity index (χ0) is 11.3. The lowest BCUT2D eigenvalue weighted by atomic mass is 10.1. The number of rotatable bonds is 5. The van der Waals surface area contributed by atoms with Gasteiger partial charge in [0.1, 0.15) is 5.75 Å². The molecule has 0 bridgehead atoms. The van der Waals surface area contributed by atoms with Crippen LogP contribution in [0.5, 0.6) is 5.75 Å². The second-order valence-electron chi connectivity index (χ2n) is 3.86. The zero-order valence-corrected chi connectivity index (χ0v) is 13.0. The summed E-state index contributed by atoms with van der Waals surface area (Å²) in [4.78, 5) is 2.21. The Morgan fingerprint density at radius 2 is 2.00 bits per heavy atom. The van der Waals surface area contributed by atoms with Crippen LogP contribution in [-0.2, 0) is 6.42 Å². The summed E-state index contributed by atoms with van der Waals surface area (Å²) >= 11 is 2.34. The Morgan fingerprint density at radius 1 is 1.31 bits per heavy atom. The van der Waals surface area contributed by atoms with Gasteiger partial charge in [0.05, 0.1) is 7.11 Å². The van der Waals surface area contributed by atoms with Crippen molar-refractivity contribution in [2.45, 2.75) is 12.8 Å². The van der Waals surface area contributed by atoms with Crippen molar-refractivity contribution in [1.82, 2.24) is 4.90 Å². The van der Waals surface area contributed by atoms with Crippen molar-refractivity contribution in [2.75, 3.05) is 27.7 Å². The van der Waals surface area contributed by atoms with Crippen molar-refractivity contribution in [3.8, 4) is 5.75 Å². The number of nitrogens with zero attached hydrogens (tertiary/aromatic N) is 1. The molecule has 0 radical (unpaired) electrons. The maximum Gasteiger partial charge on any atom is 0.122 e. The Hall–Kier alpha value is -0.000000000000000111. The molecule has 1 rings (SSSR count). The second-order valence-corrected chi connectivity index (χ2v) is 5.11. The number of halogens is 2. The highest BCUT2D eigenvalue weighted by atomic mass is 127. The molecule has 0 fully saturated rings. The average Bonchev–Trinajstić information content (AvgIpc) is 2.17. The van der Waals surface area contributed by atoms with Gasteiger partial charge >= 0.3 is 0 Å². The van der Waals surface area contributed by atoms with Gasteiger partial charge in [0.25, 0.3) is 0 Å². The predicted molar refractivity (Wildman–Crippen MR) is 79.8 cm³/mol. The van der Waals surface area contributed by atoms with E-state index < -0.39 is 0 Å². The molecule has 2 nitrogen and oxygen atoms in total. The van der Waals surface area contributed by atoms with Gasteiger partial charge < -0.3 is 9.64 Å². The van der Waals surface area contributed by atoms with E-state index in [1.54, 1.807) is 7.11 Å². The monoisotopic (exact) mass is 355 g/mol. The fourth-order valence-corrected chi connectivity index (χ4v) is 2.08. The molecule has 0 amide bonds. The first-order chi connectivity index (χ1) is 7.13. The van der Waals surface area contributed by atoms with E-state index in [-0.39, 0.29) is 12.4 Å². The minimum Gasteiger partial charge on any atom is -0.496 e. The van der Waals surface area contributed by atoms with E-state index in [1.807, 2.05) is 6.07 Å². The SMILES string of the molecule is COc1ccc(I)cc1CCCN(C)C.Cl. The van der Waals surface area contributed by atoms with Crippen LogP contribution in [0.2, 0.25) is 0 Å². The molecule has 0 saturated heterocycles. The summed E-state index contributed by atoms with van der Waals surface area (Å²) < 4.78 is 6.61. The molecule has 92 valence electrons. The summed E-state index contributed by atoms with van der Waals surface area (Å²) in [5, 5.41) is 0. The van der Waals surface area contributed by atoms with Gasteiger partial charge in [0.2, 0.25) is 0 Å². The minimum atomic E-state index is 0. The zero-order valence-electron chi connectivity index (χ0n) is 10.00. The topological polar surface area (TPSA) is 12.5 Å². The van der Waals surface area contributed by atoms with Crippen molar-refractivity contribution in [3.63, 3.8) is 0 Å². The van der Waals surface area contributed by atoms with Crippen LogP contribution in [-0.4, -0.2) is 32.6 Å². The molecule has 0 unspecified atom stereocenters. The van der Waals surface area contributed by atoms with Crippen LogP contribution in [0.15, 0.2) is 18.2 Å². The summed E-state index contributed by atoms with van der Waals surface area (Å²) in [5.74, 6) is 1.01. The average molecular weight is 356 g/mol. The minimum absolute atomic E-state index is 0. The van der Waals surface area contributed by atoms with E-state index in [0.29, 0.717) is 0 Å². The summed E-state index contributed by atoms with van der Waals surface area (Å²) in [5.41, 5.74) is 1.31. The second kappa shape index (κ2) is 8.14. The molecule has 0 spiro atoms. The Morgan fingerprint density at radius 3 is 2.56 bits per heavy atom. The standard InChI is InChI=1S/C12H18INO.ClH/c1-14(2)8-4-5-10-9-11(13)6-7-12(10)15-3;/h6-7,9H,4-5,8H2,1-3H3;1H. The molecular formula is C12H19ClINO. The van der Waals surface area contributed by atoms with E-state index in [0.717, 1.165) is 18.7 Å². The fraction of sp³-hybridized carbons (Fsp3) is 0.500. The number of ether oxygens (including phenoxy) is 1. The molecule has 4 heteroatoms. The van der Waals surface area contributed by atoms with Crippen LogP contribution < -0.4 is 4.74 Å². The van der Waals surface area contributed by atoms with E-state index in [9.17, 15) is 0 Å². The van der Waals surface area contributed by atoms with Crippen molar-refractivity contribution in [3.05, 3.63) is 27.3 Å². The summed E-state index contributed by atoms with van der Waals surface area (Å²) in [6.45, 7) is 1.12. The fourth-order valence-electron chi connectivity index (χ4n) is 1.53. The molecule has 0 heterocycles. The van der Waals surface area contributed by atoms with Crippen LogP contribution in [0.25, 0.3) is 0 Å². The lowest BCUT2D eigenvalue weighted by Crippen LogP contribution is -2.13. The number of benzene rings is 1. The van der Waals surface area contributed by atoms with Crippen molar-refractivity contribution in [2.24, 2.45) is 0 Å². The number of aryl methyl sites for hydroxylation is 1. The van der Waals surface area contributed by atoms with E-state index >= 15 is 0 Å². The molecule has 1 aromatic rings. The largest absolute Gasteiger partial charge is 0.496 e. The maximum atomic E-state index is 5.34. The Kier molecular flexibility index (Phi) is 8.14. The van der Waals surface area contributed by atoms with Gasteiger partial charge in [-0.05, 0) is 79.8 Å². The highest BCUT2D eigenvalue weighted by Crippen LogP contribution is 2.22. The first-order valence-corrected chi connectivity index (χ1v) is 6.18. The first-order valence-electron chi connectivity index (χ1n) is 5.10. The molecule has 0 saturated carbocycles. The Labute approximate surface area is 118 Å². The molecule has 0 aliphatic carbocycles. The maximum absolute atomic E-state index is 5.34. The van der Waals surface area contributed by atoms with Crippen molar-refractivity contribution in [1.29, 1.82) is 0 Å². The Bertz CT molecular complexity index is 318. The normalized spacial score (nSPS) is 10.1. The molecule has 0 N–H and O–H groups in total. The van der Waals surface area contributed by atoms with Gasteiger partial charge in [-0.1, -0.05) is 0 Å². The number of hydrogen-bond acceptors (Lipinski definition) is 2. The predicted octanol–water partition coefficient (Wildman–Crippen LogP) is 3.22.